The van der Waals surface area contributed by atoms with Crippen LogP contribution in [0.25, 0.3) is 0 Å². The van der Waals surface area contributed by atoms with Gasteiger partial charge in [0.25, 0.3) is 0 Å². The van der Waals surface area contributed by atoms with Crippen LogP contribution < -0.4 is 5.73 Å². The first-order valence-corrected chi connectivity index (χ1v) is 7.51. The van der Waals surface area contributed by atoms with Gasteiger partial charge in [-0.3, -0.25) is 9.69 Å². The van der Waals surface area contributed by atoms with Gasteiger partial charge in [-0.1, -0.05) is 12.1 Å². The summed E-state index contributed by atoms with van der Waals surface area (Å²) >= 11 is 0. The highest BCUT2D eigenvalue weighted by atomic mass is 16.2. The number of nitrogens with two attached hydrogens (primary N) is 1. The number of piperazine rings is 1. The monoisotopic (exact) mass is 289 g/mol. The molecule has 0 saturated carbocycles. The zero-order valence-corrected chi connectivity index (χ0v) is 13.8. The molecule has 1 aliphatic heterocycles. The maximum atomic E-state index is 13.0. The van der Waals surface area contributed by atoms with Gasteiger partial charge in [-0.2, -0.15) is 0 Å². The van der Waals surface area contributed by atoms with Gasteiger partial charge < -0.3 is 10.6 Å². The highest BCUT2D eigenvalue weighted by Gasteiger charge is 2.39. The Labute approximate surface area is 127 Å². The minimum atomic E-state index is -0.528. The van der Waals surface area contributed by atoms with Crippen molar-refractivity contribution >= 4 is 11.6 Å². The first-order valence-electron chi connectivity index (χ1n) is 7.51. The predicted octanol–water partition coefficient (Wildman–Crippen LogP) is 2.10. The molecule has 0 bridgehead atoms. The van der Waals surface area contributed by atoms with Crippen molar-refractivity contribution in [2.75, 3.05) is 32.4 Å². The van der Waals surface area contributed by atoms with Crippen molar-refractivity contribution in [1.29, 1.82) is 0 Å². The lowest BCUT2D eigenvalue weighted by atomic mass is 9.82. The van der Waals surface area contributed by atoms with Crippen LogP contribution in [0.15, 0.2) is 24.3 Å². The van der Waals surface area contributed by atoms with E-state index in [1.807, 2.05) is 43.0 Å². The van der Waals surface area contributed by atoms with Crippen LogP contribution in [0.5, 0.6) is 0 Å². The maximum Gasteiger partial charge on any atom is 0.232 e. The Morgan fingerprint density at radius 2 is 1.76 bits per heavy atom. The van der Waals surface area contributed by atoms with E-state index in [0.717, 1.165) is 30.9 Å². The van der Waals surface area contributed by atoms with Crippen LogP contribution >= 0.6 is 0 Å². The van der Waals surface area contributed by atoms with Crippen molar-refractivity contribution in [2.45, 2.75) is 38.6 Å². The predicted molar refractivity (Wildman–Crippen MR) is 87.2 cm³/mol. The summed E-state index contributed by atoms with van der Waals surface area (Å²) in [6, 6.07) is 7.62. The normalized spacial score (nSPS) is 19.6. The van der Waals surface area contributed by atoms with Gasteiger partial charge in [-0.25, -0.2) is 0 Å². The zero-order chi connectivity index (χ0) is 15.8. The van der Waals surface area contributed by atoms with Crippen LogP contribution in [0, 0.1) is 0 Å². The number of carbonyl (C=O) groups is 1. The summed E-state index contributed by atoms with van der Waals surface area (Å²) in [4.78, 5) is 17.3. The summed E-state index contributed by atoms with van der Waals surface area (Å²) in [6.45, 7) is 10.8. The molecule has 1 saturated heterocycles. The minimum absolute atomic E-state index is 0.0190. The fourth-order valence-electron chi connectivity index (χ4n) is 2.83. The second-order valence-corrected chi connectivity index (χ2v) is 7.21. The summed E-state index contributed by atoms with van der Waals surface area (Å²) in [5.41, 5.74) is 6.97. The average Bonchev–Trinajstić information content (AvgIpc) is 2.41. The second-order valence-electron chi connectivity index (χ2n) is 7.21. The molecule has 1 fully saturated rings. The Bertz CT molecular complexity index is 519. The third kappa shape index (κ3) is 3.05. The molecule has 116 valence electrons. The van der Waals surface area contributed by atoms with Crippen LogP contribution in [0.1, 0.15) is 33.3 Å². The van der Waals surface area contributed by atoms with Crippen LogP contribution in [-0.2, 0) is 10.2 Å². The number of anilines is 1. The van der Waals surface area contributed by atoms with Gasteiger partial charge in [-0.15, -0.1) is 0 Å². The Morgan fingerprint density at radius 3 is 2.29 bits per heavy atom. The van der Waals surface area contributed by atoms with E-state index in [1.54, 1.807) is 0 Å². The fraction of sp³-hybridized carbons (Fsp3) is 0.588. The van der Waals surface area contributed by atoms with E-state index in [1.165, 1.54) is 0 Å². The van der Waals surface area contributed by atoms with E-state index >= 15 is 0 Å². The Hall–Kier alpha value is -1.55. The Morgan fingerprint density at radius 1 is 1.19 bits per heavy atom. The summed E-state index contributed by atoms with van der Waals surface area (Å²) in [5.74, 6) is 0.188. The molecule has 2 rings (SSSR count). The molecule has 1 aromatic carbocycles. The number of nitrogens with zero attached hydrogens (tertiary/aromatic N) is 2. The van der Waals surface area contributed by atoms with Crippen molar-refractivity contribution < 1.29 is 4.79 Å². The standard InChI is InChI=1S/C17H27N3O/c1-16(2)12-20(11-10-19(16)5)15(21)17(3,4)13-6-8-14(18)9-7-13/h6-9H,10-12,18H2,1-5H3. The van der Waals surface area contributed by atoms with Gasteiger partial charge in [0.15, 0.2) is 0 Å². The SMILES string of the molecule is CN1CCN(C(=O)C(C)(C)c2ccc(N)cc2)CC1(C)C. The van der Waals surface area contributed by atoms with Gasteiger partial charge in [0.05, 0.1) is 5.41 Å². The molecule has 0 spiro atoms. The molecule has 0 aromatic heterocycles. The molecule has 0 aliphatic carbocycles. The molecule has 0 radical (unpaired) electrons. The zero-order valence-electron chi connectivity index (χ0n) is 13.8. The molecular formula is C17H27N3O. The third-order valence-electron chi connectivity index (χ3n) is 4.77. The van der Waals surface area contributed by atoms with Crippen molar-refractivity contribution in [3.63, 3.8) is 0 Å². The van der Waals surface area contributed by atoms with Crippen molar-refractivity contribution in [2.24, 2.45) is 0 Å². The van der Waals surface area contributed by atoms with Gasteiger partial charge in [-0.05, 0) is 52.4 Å². The van der Waals surface area contributed by atoms with Gasteiger partial charge in [0.1, 0.15) is 0 Å². The average molecular weight is 289 g/mol. The molecule has 4 heteroatoms. The molecule has 1 amide bonds. The molecule has 0 unspecified atom stereocenters. The van der Waals surface area contributed by atoms with Crippen LogP contribution in [0.4, 0.5) is 5.69 Å². The lowest BCUT2D eigenvalue weighted by Gasteiger charge is -2.47. The van der Waals surface area contributed by atoms with Crippen molar-refractivity contribution in [3.05, 3.63) is 29.8 Å². The fourth-order valence-corrected chi connectivity index (χ4v) is 2.83. The lowest BCUT2D eigenvalue weighted by molar-refractivity contribution is -0.140. The molecular weight excluding hydrogens is 262 g/mol. The highest BCUT2D eigenvalue weighted by Crippen LogP contribution is 2.29. The van der Waals surface area contributed by atoms with E-state index in [2.05, 4.69) is 25.8 Å². The number of hydrogen-bond donors (Lipinski definition) is 1. The van der Waals surface area contributed by atoms with E-state index < -0.39 is 5.41 Å². The molecule has 4 nitrogen and oxygen atoms in total. The van der Waals surface area contributed by atoms with Crippen molar-refractivity contribution in [1.82, 2.24) is 9.80 Å². The number of hydrogen-bond acceptors (Lipinski definition) is 3. The Balaban J connectivity index is 2.20. The van der Waals surface area contributed by atoms with Crippen molar-refractivity contribution in [3.8, 4) is 0 Å². The van der Waals surface area contributed by atoms with Crippen LogP contribution in [0.2, 0.25) is 0 Å². The maximum absolute atomic E-state index is 13.0. The topological polar surface area (TPSA) is 49.6 Å². The van der Waals surface area contributed by atoms with E-state index in [9.17, 15) is 4.79 Å². The number of likely N-dealkylation sites (N-methyl/N-ethyl adjacent to an activating group) is 1. The highest BCUT2D eigenvalue weighted by molar-refractivity contribution is 5.87. The summed E-state index contributed by atoms with van der Waals surface area (Å²) in [5, 5.41) is 0. The largest absolute Gasteiger partial charge is 0.399 e. The minimum Gasteiger partial charge on any atom is -0.399 e. The number of rotatable bonds is 2. The molecule has 21 heavy (non-hydrogen) atoms. The molecule has 1 heterocycles. The summed E-state index contributed by atoms with van der Waals surface area (Å²) in [7, 11) is 2.12. The quantitative estimate of drug-likeness (QED) is 0.848. The smallest absolute Gasteiger partial charge is 0.232 e. The second kappa shape index (κ2) is 5.34. The molecule has 2 N–H and O–H groups in total. The van der Waals surface area contributed by atoms with Crippen LogP contribution in [0.3, 0.4) is 0 Å². The Kier molecular flexibility index (Phi) is 4.02. The van der Waals surface area contributed by atoms with Gasteiger partial charge in [0.2, 0.25) is 5.91 Å². The van der Waals surface area contributed by atoms with Gasteiger partial charge >= 0.3 is 0 Å². The first kappa shape index (κ1) is 15.8. The number of benzene rings is 1. The molecule has 0 atom stereocenters. The van der Waals surface area contributed by atoms with Gasteiger partial charge in [0, 0.05) is 30.9 Å². The van der Waals surface area contributed by atoms with E-state index in [4.69, 9.17) is 5.73 Å². The number of carbonyl (C=O) groups excluding carboxylic acids is 1. The van der Waals surface area contributed by atoms with Crippen LogP contribution in [-0.4, -0.2) is 47.9 Å². The lowest BCUT2D eigenvalue weighted by Crippen LogP contribution is -2.61. The first-order chi connectivity index (χ1) is 9.64. The third-order valence-corrected chi connectivity index (χ3v) is 4.77. The molecule has 1 aromatic rings. The number of nitrogen functional groups attached to an aromatic ring is 1. The van der Waals surface area contributed by atoms with E-state index in [0.29, 0.717) is 0 Å². The number of amides is 1. The summed E-state index contributed by atoms with van der Waals surface area (Å²) in [6.07, 6.45) is 0. The molecule has 1 aliphatic rings. The van der Waals surface area contributed by atoms with E-state index in [-0.39, 0.29) is 11.4 Å². The summed E-state index contributed by atoms with van der Waals surface area (Å²) < 4.78 is 0.